The van der Waals surface area contributed by atoms with Gasteiger partial charge in [0.2, 0.25) is 11.8 Å². The van der Waals surface area contributed by atoms with Crippen molar-refractivity contribution < 1.29 is 9.59 Å². The summed E-state index contributed by atoms with van der Waals surface area (Å²) in [7, 11) is 0. The molecule has 1 heterocycles. The first-order chi connectivity index (χ1) is 10.6. The fourth-order valence-corrected chi connectivity index (χ4v) is 3.32. The smallest absolute Gasteiger partial charge is 0.244 e. The van der Waals surface area contributed by atoms with Crippen LogP contribution in [0.3, 0.4) is 0 Å². The van der Waals surface area contributed by atoms with Gasteiger partial charge in [-0.1, -0.05) is 18.9 Å². The van der Waals surface area contributed by atoms with Crippen LogP contribution in [0.5, 0.6) is 0 Å². The zero-order valence-electron chi connectivity index (χ0n) is 12.8. The maximum absolute atomic E-state index is 12.4. The molecule has 1 aliphatic heterocycles. The van der Waals surface area contributed by atoms with E-state index in [1.807, 2.05) is 24.3 Å². The molecule has 1 saturated heterocycles. The van der Waals surface area contributed by atoms with E-state index in [2.05, 4.69) is 5.32 Å². The Labute approximate surface area is 130 Å². The Bertz CT molecular complexity index is 579. The zero-order valence-corrected chi connectivity index (χ0v) is 12.8. The average Bonchev–Trinajstić information content (AvgIpc) is 2.96. The highest BCUT2D eigenvalue weighted by Gasteiger charge is 2.37. The summed E-state index contributed by atoms with van der Waals surface area (Å²) in [4.78, 5) is 26.2. The number of carbonyl (C=O) groups is 2. The Kier molecular flexibility index (Phi) is 4.16. The standard InChI is InChI=1S/C17H23N3O2/c18-17(9-2-3-10-17)16(22)19-13-6-5-7-14(12-13)20-11-4-1-8-15(20)21/h5-7,12H,1-4,8-11,18H2,(H,19,22). The van der Waals surface area contributed by atoms with Crippen molar-refractivity contribution in [3.8, 4) is 0 Å². The predicted octanol–water partition coefficient (Wildman–Crippen LogP) is 2.41. The second-order valence-corrected chi connectivity index (χ2v) is 6.37. The summed E-state index contributed by atoms with van der Waals surface area (Å²) in [6.07, 6.45) is 6.07. The topological polar surface area (TPSA) is 75.4 Å². The number of nitrogens with two attached hydrogens (primary N) is 1. The van der Waals surface area contributed by atoms with Gasteiger partial charge in [-0.05, 0) is 43.9 Å². The van der Waals surface area contributed by atoms with E-state index in [4.69, 9.17) is 5.73 Å². The van der Waals surface area contributed by atoms with Crippen molar-refractivity contribution in [2.24, 2.45) is 5.73 Å². The fraction of sp³-hybridized carbons (Fsp3) is 0.529. The van der Waals surface area contributed by atoms with Crippen molar-refractivity contribution in [1.29, 1.82) is 0 Å². The molecule has 2 aliphatic rings. The van der Waals surface area contributed by atoms with E-state index in [0.717, 1.165) is 50.8 Å². The van der Waals surface area contributed by atoms with Gasteiger partial charge in [-0.2, -0.15) is 0 Å². The minimum Gasteiger partial charge on any atom is -0.324 e. The van der Waals surface area contributed by atoms with Gasteiger partial charge >= 0.3 is 0 Å². The van der Waals surface area contributed by atoms with Crippen molar-refractivity contribution in [3.05, 3.63) is 24.3 Å². The van der Waals surface area contributed by atoms with Gasteiger partial charge < -0.3 is 16.0 Å². The molecule has 0 spiro atoms. The highest BCUT2D eigenvalue weighted by Crippen LogP contribution is 2.29. The van der Waals surface area contributed by atoms with Crippen molar-refractivity contribution in [3.63, 3.8) is 0 Å². The highest BCUT2D eigenvalue weighted by atomic mass is 16.2. The molecule has 5 nitrogen and oxygen atoms in total. The number of amides is 2. The molecule has 1 aromatic carbocycles. The van der Waals surface area contributed by atoms with Gasteiger partial charge in [-0.15, -0.1) is 0 Å². The Balaban J connectivity index is 1.73. The number of piperidine rings is 1. The van der Waals surface area contributed by atoms with Gasteiger partial charge in [-0.25, -0.2) is 0 Å². The lowest BCUT2D eigenvalue weighted by atomic mass is 9.98. The largest absolute Gasteiger partial charge is 0.324 e. The number of anilines is 2. The SMILES string of the molecule is NC1(C(=O)Nc2cccc(N3CCCCC3=O)c2)CCCC1. The molecule has 3 rings (SSSR count). The molecule has 118 valence electrons. The lowest BCUT2D eigenvalue weighted by molar-refractivity contribution is -0.121. The van der Waals surface area contributed by atoms with Crippen LogP contribution < -0.4 is 16.0 Å². The summed E-state index contributed by atoms with van der Waals surface area (Å²) >= 11 is 0. The molecule has 3 N–H and O–H groups in total. The Morgan fingerprint density at radius 1 is 1.18 bits per heavy atom. The van der Waals surface area contributed by atoms with Crippen molar-refractivity contribution in [2.45, 2.75) is 50.5 Å². The van der Waals surface area contributed by atoms with Crippen molar-refractivity contribution in [2.75, 3.05) is 16.8 Å². The second kappa shape index (κ2) is 6.08. The third kappa shape index (κ3) is 2.99. The van der Waals surface area contributed by atoms with E-state index in [-0.39, 0.29) is 11.8 Å². The minimum absolute atomic E-state index is 0.118. The Hall–Kier alpha value is -1.88. The average molecular weight is 301 g/mol. The number of rotatable bonds is 3. The van der Waals surface area contributed by atoms with Gasteiger partial charge in [0.25, 0.3) is 0 Å². The van der Waals surface area contributed by atoms with Gasteiger partial charge in [0.05, 0.1) is 5.54 Å². The van der Waals surface area contributed by atoms with Crippen LogP contribution in [0, 0.1) is 0 Å². The van der Waals surface area contributed by atoms with E-state index >= 15 is 0 Å². The van der Waals surface area contributed by atoms with E-state index in [1.54, 1.807) is 4.90 Å². The van der Waals surface area contributed by atoms with Crippen LogP contribution in [0.2, 0.25) is 0 Å². The molecule has 5 heteroatoms. The summed E-state index contributed by atoms with van der Waals surface area (Å²) in [5, 5.41) is 2.92. The van der Waals surface area contributed by atoms with Crippen LogP contribution in [0.25, 0.3) is 0 Å². The summed E-state index contributed by atoms with van der Waals surface area (Å²) in [6.45, 7) is 0.747. The predicted molar refractivity (Wildman–Crippen MR) is 86.7 cm³/mol. The number of nitrogens with zero attached hydrogens (tertiary/aromatic N) is 1. The number of hydrogen-bond donors (Lipinski definition) is 2. The van der Waals surface area contributed by atoms with Gasteiger partial charge in [0.15, 0.2) is 0 Å². The highest BCUT2D eigenvalue weighted by molar-refractivity contribution is 5.99. The fourth-order valence-electron chi connectivity index (χ4n) is 3.32. The number of benzene rings is 1. The third-order valence-electron chi connectivity index (χ3n) is 4.69. The molecule has 2 fully saturated rings. The molecule has 1 saturated carbocycles. The molecule has 22 heavy (non-hydrogen) atoms. The van der Waals surface area contributed by atoms with E-state index in [0.29, 0.717) is 12.1 Å². The van der Waals surface area contributed by atoms with Crippen LogP contribution in [-0.2, 0) is 9.59 Å². The van der Waals surface area contributed by atoms with E-state index in [9.17, 15) is 9.59 Å². The quantitative estimate of drug-likeness (QED) is 0.900. The number of hydrogen-bond acceptors (Lipinski definition) is 3. The number of nitrogens with one attached hydrogen (secondary N) is 1. The van der Waals surface area contributed by atoms with Crippen LogP contribution in [-0.4, -0.2) is 23.9 Å². The maximum Gasteiger partial charge on any atom is 0.244 e. The minimum atomic E-state index is -0.739. The van der Waals surface area contributed by atoms with Crippen LogP contribution in [0.4, 0.5) is 11.4 Å². The lowest BCUT2D eigenvalue weighted by Gasteiger charge is -2.27. The molecular formula is C17H23N3O2. The Morgan fingerprint density at radius 3 is 2.68 bits per heavy atom. The lowest BCUT2D eigenvalue weighted by Crippen LogP contribution is -2.48. The van der Waals surface area contributed by atoms with Crippen molar-refractivity contribution in [1.82, 2.24) is 0 Å². The summed E-state index contributed by atoms with van der Waals surface area (Å²) < 4.78 is 0. The van der Waals surface area contributed by atoms with Crippen LogP contribution in [0.15, 0.2) is 24.3 Å². The monoisotopic (exact) mass is 301 g/mol. The van der Waals surface area contributed by atoms with Gasteiger partial charge in [0, 0.05) is 24.3 Å². The second-order valence-electron chi connectivity index (χ2n) is 6.37. The molecule has 0 unspecified atom stereocenters. The first kappa shape index (κ1) is 15.0. The molecule has 0 radical (unpaired) electrons. The Morgan fingerprint density at radius 2 is 1.95 bits per heavy atom. The first-order valence-corrected chi connectivity index (χ1v) is 8.09. The summed E-state index contributed by atoms with van der Waals surface area (Å²) in [5.41, 5.74) is 6.99. The van der Waals surface area contributed by atoms with Crippen LogP contribution >= 0.6 is 0 Å². The van der Waals surface area contributed by atoms with Gasteiger partial charge in [-0.3, -0.25) is 9.59 Å². The molecule has 2 amide bonds. The molecule has 1 aliphatic carbocycles. The first-order valence-electron chi connectivity index (χ1n) is 8.09. The maximum atomic E-state index is 12.4. The summed E-state index contributed by atoms with van der Waals surface area (Å²) in [5.74, 6) is 0.0351. The van der Waals surface area contributed by atoms with Crippen molar-refractivity contribution >= 4 is 23.2 Å². The molecular weight excluding hydrogens is 278 g/mol. The molecule has 0 atom stereocenters. The third-order valence-corrected chi connectivity index (χ3v) is 4.69. The van der Waals surface area contributed by atoms with E-state index < -0.39 is 5.54 Å². The normalized spacial score (nSPS) is 21.0. The summed E-state index contributed by atoms with van der Waals surface area (Å²) in [6, 6.07) is 7.48. The van der Waals surface area contributed by atoms with Crippen LogP contribution in [0.1, 0.15) is 44.9 Å². The molecule has 1 aromatic rings. The molecule has 0 aromatic heterocycles. The van der Waals surface area contributed by atoms with E-state index in [1.165, 1.54) is 0 Å². The molecule has 0 bridgehead atoms. The zero-order chi connectivity index (χ0) is 15.6. The van der Waals surface area contributed by atoms with Gasteiger partial charge in [0.1, 0.15) is 0 Å². The number of carbonyl (C=O) groups excluding carboxylic acids is 2.